The second-order valence-electron chi connectivity index (χ2n) is 5.40. The van der Waals surface area contributed by atoms with Crippen molar-refractivity contribution in [3.8, 4) is 0 Å². The summed E-state index contributed by atoms with van der Waals surface area (Å²) in [5.74, 6) is 0.422. The first-order valence-electron chi connectivity index (χ1n) is 6.49. The first-order valence-corrected chi connectivity index (χ1v) is 6.49. The van der Waals surface area contributed by atoms with E-state index in [2.05, 4.69) is 0 Å². The summed E-state index contributed by atoms with van der Waals surface area (Å²) < 4.78 is 10.3. The summed E-state index contributed by atoms with van der Waals surface area (Å²) in [4.78, 5) is 11.6. The molecule has 98 valence electrons. The normalized spacial score (nSPS) is 35.4. The fourth-order valence-electron chi connectivity index (χ4n) is 3.62. The molecule has 3 unspecified atom stereocenters. The lowest BCUT2D eigenvalue weighted by Gasteiger charge is -2.33. The molecule has 4 heteroatoms. The van der Waals surface area contributed by atoms with Gasteiger partial charge >= 0.3 is 5.97 Å². The van der Waals surface area contributed by atoms with Crippen molar-refractivity contribution in [2.45, 2.75) is 32.1 Å². The van der Waals surface area contributed by atoms with Crippen LogP contribution in [0.25, 0.3) is 0 Å². The standard InChI is InChI=1S/C13H22O4/c1-16-6-7-17-5-4-13(12(14)15)9-10-2-3-11(13)8-10/h10-11H,2-9H2,1H3,(H,14,15). The Bertz CT molecular complexity index is 279. The minimum atomic E-state index is -0.611. The Kier molecular flexibility index (Phi) is 4.05. The molecular formula is C13H22O4. The highest BCUT2D eigenvalue weighted by Gasteiger charge is 2.55. The number of carboxylic acids is 1. The van der Waals surface area contributed by atoms with E-state index < -0.39 is 11.4 Å². The van der Waals surface area contributed by atoms with Gasteiger partial charge in [0, 0.05) is 13.7 Å². The monoisotopic (exact) mass is 242 g/mol. The van der Waals surface area contributed by atoms with Crippen molar-refractivity contribution < 1.29 is 19.4 Å². The van der Waals surface area contributed by atoms with Crippen LogP contribution in [0.4, 0.5) is 0 Å². The maximum Gasteiger partial charge on any atom is 0.310 e. The lowest BCUT2D eigenvalue weighted by molar-refractivity contribution is -0.154. The van der Waals surface area contributed by atoms with Crippen LogP contribution in [-0.4, -0.2) is 38.0 Å². The highest BCUT2D eigenvalue weighted by molar-refractivity contribution is 5.75. The van der Waals surface area contributed by atoms with Gasteiger partial charge in [0.15, 0.2) is 0 Å². The van der Waals surface area contributed by atoms with E-state index >= 15 is 0 Å². The van der Waals surface area contributed by atoms with Crippen molar-refractivity contribution in [3.05, 3.63) is 0 Å². The molecule has 0 aliphatic heterocycles. The van der Waals surface area contributed by atoms with Crippen molar-refractivity contribution in [3.63, 3.8) is 0 Å². The number of hydrogen-bond donors (Lipinski definition) is 1. The molecule has 0 aromatic heterocycles. The summed E-state index contributed by atoms with van der Waals surface area (Å²) >= 11 is 0. The molecule has 2 bridgehead atoms. The van der Waals surface area contributed by atoms with Crippen molar-refractivity contribution in [1.29, 1.82) is 0 Å². The second kappa shape index (κ2) is 5.36. The van der Waals surface area contributed by atoms with Gasteiger partial charge in [0.05, 0.1) is 18.6 Å². The Morgan fingerprint density at radius 3 is 2.71 bits per heavy atom. The Morgan fingerprint density at radius 1 is 1.35 bits per heavy atom. The van der Waals surface area contributed by atoms with Crippen molar-refractivity contribution >= 4 is 5.97 Å². The van der Waals surface area contributed by atoms with Gasteiger partial charge in [-0.3, -0.25) is 4.79 Å². The van der Waals surface area contributed by atoms with Gasteiger partial charge in [0.2, 0.25) is 0 Å². The summed E-state index contributed by atoms with van der Waals surface area (Å²) in [5.41, 5.74) is -0.490. The third-order valence-electron chi connectivity index (χ3n) is 4.53. The molecule has 2 aliphatic rings. The average molecular weight is 242 g/mol. The van der Waals surface area contributed by atoms with E-state index in [0.717, 1.165) is 19.3 Å². The smallest absolute Gasteiger partial charge is 0.310 e. The molecule has 0 radical (unpaired) electrons. The number of ether oxygens (including phenoxy) is 2. The van der Waals surface area contributed by atoms with Crippen LogP contribution in [-0.2, 0) is 14.3 Å². The van der Waals surface area contributed by atoms with Gasteiger partial charge in [-0.05, 0) is 37.5 Å². The lowest BCUT2D eigenvalue weighted by Crippen LogP contribution is -2.37. The van der Waals surface area contributed by atoms with E-state index in [9.17, 15) is 9.90 Å². The van der Waals surface area contributed by atoms with E-state index in [1.165, 1.54) is 6.42 Å². The topological polar surface area (TPSA) is 55.8 Å². The Balaban J connectivity index is 1.84. The number of methoxy groups -OCH3 is 1. The zero-order valence-electron chi connectivity index (χ0n) is 10.5. The van der Waals surface area contributed by atoms with Gasteiger partial charge in [-0.15, -0.1) is 0 Å². The molecule has 0 aromatic rings. The Labute approximate surface area is 102 Å². The van der Waals surface area contributed by atoms with E-state index in [-0.39, 0.29) is 0 Å². The zero-order valence-corrected chi connectivity index (χ0v) is 10.5. The fourth-order valence-corrected chi connectivity index (χ4v) is 3.62. The number of fused-ring (bicyclic) bond motifs is 2. The molecule has 3 atom stereocenters. The molecular weight excluding hydrogens is 220 g/mol. The molecule has 0 saturated heterocycles. The first kappa shape index (κ1) is 12.8. The van der Waals surface area contributed by atoms with E-state index in [0.29, 0.717) is 38.1 Å². The number of aliphatic carboxylic acids is 1. The largest absolute Gasteiger partial charge is 0.481 e. The molecule has 17 heavy (non-hydrogen) atoms. The Morgan fingerprint density at radius 2 is 2.18 bits per heavy atom. The predicted molar refractivity (Wildman–Crippen MR) is 62.8 cm³/mol. The molecule has 2 saturated carbocycles. The van der Waals surface area contributed by atoms with Crippen LogP contribution < -0.4 is 0 Å². The van der Waals surface area contributed by atoms with Gasteiger partial charge < -0.3 is 14.6 Å². The molecule has 0 spiro atoms. The maximum atomic E-state index is 11.6. The van der Waals surface area contributed by atoms with Gasteiger partial charge in [-0.1, -0.05) is 6.42 Å². The summed E-state index contributed by atoms with van der Waals surface area (Å²) in [7, 11) is 1.64. The minimum Gasteiger partial charge on any atom is -0.481 e. The summed E-state index contributed by atoms with van der Waals surface area (Å²) in [6.45, 7) is 1.67. The molecule has 0 amide bonds. The third-order valence-corrected chi connectivity index (χ3v) is 4.53. The lowest BCUT2D eigenvalue weighted by atomic mass is 9.71. The summed E-state index contributed by atoms with van der Waals surface area (Å²) in [6, 6.07) is 0. The SMILES string of the molecule is COCCOCCC1(C(=O)O)CC2CCC1C2. The van der Waals surface area contributed by atoms with Crippen LogP contribution in [0.1, 0.15) is 32.1 Å². The van der Waals surface area contributed by atoms with E-state index in [1.807, 2.05) is 0 Å². The van der Waals surface area contributed by atoms with Crippen LogP contribution in [0.5, 0.6) is 0 Å². The van der Waals surface area contributed by atoms with E-state index in [1.54, 1.807) is 7.11 Å². The van der Waals surface area contributed by atoms with Crippen molar-refractivity contribution in [2.75, 3.05) is 26.9 Å². The average Bonchev–Trinajstić information content (AvgIpc) is 2.89. The van der Waals surface area contributed by atoms with Crippen LogP contribution >= 0.6 is 0 Å². The van der Waals surface area contributed by atoms with Crippen molar-refractivity contribution in [2.24, 2.45) is 17.3 Å². The van der Waals surface area contributed by atoms with Crippen LogP contribution in [0.2, 0.25) is 0 Å². The van der Waals surface area contributed by atoms with Crippen LogP contribution in [0.3, 0.4) is 0 Å². The predicted octanol–water partition coefficient (Wildman–Crippen LogP) is 1.93. The van der Waals surface area contributed by atoms with Gasteiger partial charge in [-0.2, -0.15) is 0 Å². The summed E-state index contributed by atoms with van der Waals surface area (Å²) in [5, 5.41) is 9.51. The highest BCUT2D eigenvalue weighted by atomic mass is 16.5. The van der Waals surface area contributed by atoms with Gasteiger partial charge in [-0.25, -0.2) is 0 Å². The third kappa shape index (κ3) is 2.47. The first-order chi connectivity index (χ1) is 8.19. The van der Waals surface area contributed by atoms with Gasteiger partial charge in [0.1, 0.15) is 0 Å². The molecule has 0 aromatic carbocycles. The highest BCUT2D eigenvalue weighted by Crippen LogP contribution is 2.57. The molecule has 2 rings (SSSR count). The molecule has 4 nitrogen and oxygen atoms in total. The number of carbonyl (C=O) groups is 1. The Hall–Kier alpha value is -0.610. The fraction of sp³-hybridized carbons (Fsp3) is 0.923. The van der Waals surface area contributed by atoms with Gasteiger partial charge in [0.25, 0.3) is 0 Å². The van der Waals surface area contributed by atoms with Crippen molar-refractivity contribution in [1.82, 2.24) is 0 Å². The molecule has 1 N–H and O–H groups in total. The van der Waals surface area contributed by atoms with Crippen LogP contribution in [0, 0.1) is 17.3 Å². The maximum absolute atomic E-state index is 11.6. The minimum absolute atomic E-state index is 0.385. The molecule has 0 heterocycles. The summed E-state index contributed by atoms with van der Waals surface area (Å²) in [6.07, 6.45) is 4.96. The number of carboxylic acid groups (broad SMARTS) is 1. The molecule has 2 aliphatic carbocycles. The number of rotatable bonds is 7. The van der Waals surface area contributed by atoms with E-state index in [4.69, 9.17) is 9.47 Å². The molecule has 2 fully saturated rings. The quantitative estimate of drug-likeness (QED) is 0.693. The zero-order chi connectivity index (χ0) is 12.3. The van der Waals surface area contributed by atoms with Crippen LogP contribution in [0.15, 0.2) is 0 Å². The second-order valence-corrected chi connectivity index (χ2v) is 5.40. The number of hydrogen-bond acceptors (Lipinski definition) is 3.